The summed E-state index contributed by atoms with van der Waals surface area (Å²) in [6, 6.07) is 12.0. The number of sulfonamides is 1. The first-order valence-electron chi connectivity index (χ1n) is 9.46. The van der Waals surface area contributed by atoms with Crippen molar-refractivity contribution in [3.8, 4) is 0 Å². The zero-order valence-electron chi connectivity index (χ0n) is 15.6. The van der Waals surface area contributed by atoms with Crippen molar-refractivity contribution in [3.05, 3.63) is 58.9 Å². The molecule has 7 nitrogen and oxygen atoms in total. The number of fused-ring (bicyclic) bond motifs is 1. The Hall–Kier alpha value is -2.42. The van der Waals surface area contributed by atoms with Crippen LogP contribution in [0.4, 0.5) is 0 Å². The maximum absolute atomic E-state index is 12.4. The SMILES string of the molecule is O=C(NCCCc1nc2ccccc2[nH]1)c1ccc(Cl)c(S(=O)(=O)NC2CC2)c1. The summed E-state index contributed by atoms with van der Waals surface area (Å²) in [4.78, 5) is 20.1. The molecule has 1 aliphatic carbocycles. The average Bonchev–Trinajstić information content (AvgIpc) is 3.39. The van der Waals surface area contributed by atoms with E-state index < -0.39 is 10.0 Å². The molecule has 1 aromatic heterocycles. The molecule has 9 heteroatoms. The molecule has 0 aliphatic heterocycles. The number of amides is 1. The molecule has 152 valence electrons. The van der Waals surface area contributed by atoms with Crippen LogP contribution in [-0.4, -0.2) is 36.9 Å². The number of para-hydroxylation sites is 2. The third kappa shape index (κ3) is 4.77. The van der Waals surface area contributed by atoms with E-state index in [-0.39, 0.29) is 27.4 Å². The van der Waals surface area contributed by atoms with Crippen LogP contribution in [0.5, 0.6) is 0 Å². The molecule has 2 aromatic carbocycles. The molecule has 1 fully saturated rings. The fourth-order valence-corrected chi connectivity index (χ4v) is 4.85. The third-order valence-electron chi connectivity index (χ3n) is 4.70. The molecular formula is C20H21ClN4O3S. The molecule has 0 unspecified atom stereocenters. The van der Waals surface area contributed by atoms with Gasteiger partial charge in [-0.05, 0) is 49.6 Å². The molecule has 0 spiro atoms. The Morgan fingerprint density at radius 1 is 1.21 bits per heavy atom. The van der Waals surface area contributed by atoms with E-state index in [4.69, 9.17) is 11.6 Å². The summed E-state index contributed by atoms with van der Waals surface area (Å²) in [5.74, 6) is 0.528. The molecule has 0 saturated heterocycles. The minimum absolute atomic E-state index is 0.0354. The van der Waals surface area contributed by atoms with E-state index in [2.05, 4.69) is 20.0 Å². The van der Waals surface area contributed by atoms with E-state index in [1.54, 1.807) is 0 Å². The summed E-state index contributed by atoms with van der Waals surface area (Å²) in [6.07, 6.45) is 3.04. The van der Waals surface area contributed by atoms with Crippen molar-refractivity contribution in [1.29, 1.82) is 0 Å². The summed E-state index contributed by atoms with van der Waals surface area (Å²) in [6.45, 7) is 0.445. The number of aryl methyl sites for hydroxylation is 1. The lowest BCUT2D eigenvalue weighted by Gasteiger charge is -2.10. The van der Waals surface area contributed by atoms with Crippen LogP contribution >= 0.6 is 11.6 Å². The lowest BCUT2D eigenvalue weighted by Crippen LogP contribution is -2.28. The van der Waals surface area contributed by atoms with Gasteiger partial charge in [-0.15, -0.1) is 0 Å². The molecule has 4 rings (SSSR count). The smallest absolute Gasteiger partial charge is 0.251 e. The van der Waals surface area contributed by atoms with Gasteiger partial charge in [0.25, 0.3) is 5.91 Å². The lowest BCUT2D eigenvalue weighted by molar-refractivity contribution is 0.0953. The number of aromatic amines is 1. The number of imidazole rings is 1. The zero-order valence-corrected chi connectivity index (χ0v) is 17.2. The van der Waals surface area contributed by atoms with E-state index in [1.165, 1.54) is 18.2 Å². The minimum Gasteiger partial charge on any atom is -0.352 e. The van der Waals surface area contributed by atoms with Crippen molar-refractivity contribution < 1.29 is 13.2 Å². The number of benzene rings is 2. The van der Waals surface area contributed by atoms with Gasteiger partial charge in [0, 0.05) is 24.6 Å². The van der Waals surface area contributed by atoms with E-state index in [0.717, 1.165) is 29.7 Å². The highest BCUT2D eigenvalue weighted by atomic mass is 35.5. The average molecular weight is 433 g/mol. The highest BCUT2D eigenvalue weighted by Crippen LogP contribution is 2.26. The maximum atomic E-state index is 12.4. The Morgan fingerprint density at radius 2 is 2.00 bits per heavy atom. The Kier molecular flexibility index (Phi) is 5.58. The molecular weight excluding hydrogens is 412 g/mol. The van der Waals surface area contributed by atoms with Gasteiger partial charge in [-0.1, -0.05) is 23.7 Å². The summed E-state index contributed by atoms with van der Waals surface area (Å²) >= 11 is 6.06. The van der Waals surface area contributed by atoms with Gasteiger partial charge in [-0.3, -0.25) is 4.79 Å². The molecule has 3 N–H and O–H groups in total. The van der Waals surface area contributed by atoms with Crippen molar-refractivity contribution in [2.24, 2.45) is 0 Å². The van der Waals surface area contributed by atoms with Gasteiger partial charge < -0.3 is 10.3 Å². The predicted molar refractivity (Wildman–Crippen MR) is 112 cm³/mol. The third-order valence-corrected chi connectivity index (χ3v) is 6.70. The second-order valence-electron chi connectivity index (χ2n) is 7.10. The predicted octanol–water partition coefficient (Wildman–Crippen LogP) is 3.02. The van der Waals surface area contributed by atoms with Gasteiger partial charge in [-0.2, -0.15) is 0 Å². The Balaban J connectivity index is 1.35. The summed E-state index contributed by atoms with van der Waals surface area (Å²) in [5, 5.41) is 2.91. The first-order chi connectivity index (χ1) is 13.9. The van der Waals surface area contributed by atoms with Crippen LogP contribution in [0.2, 0.25) is 5.02 Å². The number of H-pyrrole nitrogens is 1. The highest BCUT2D eigenvalue weighted by molar-refractivity contribution is 7.89. The van der Waals surface area contributed by atoms with Gasteiger partial charge in [0.15, 0.2) is 0 Å². The monoisotopic (exact) mass is 432 g/mol. The second kappa shape index (κ2) is 8.14. The fourth-order valence-electron chi connectivity index (χ4n) is 3.02. The highest BCUT2D eigenvalue weighted by Gasteiger charge is 2.29. The van der Waals surface area contributed by atoms with Crippen molar-refractivity contribution in [3.63, 3.8) is 0 Å². The fraction of sp³-hybridized carbons (Fsp3) is 0.300. The minimum atomic E-state index is -3.73. The van der Waals surface area contributed by atoms with Crippen molar-refractivity contribution in [1.82, 2.24) is 20.0 Å². The Labute approximate surface area is 173 Å². The van der Waals surface area contributed by atoms with Crippen LogP contribution in [0.25, 0.3) is 11.0 Å². The molecule has 3 aromatic rings. The number of nitrogens with one attached hydrogen (secondary N) is 3. The second-order valence-corrected chi connectivity index (χ2v) is 9.19. The number of halogens is 1. The van der Waals surface area contributed by atoms with E-state index >= 15 is 0 Å². The molecule has 0 atom stereocenters. The number of aromatic nitrogens is 2. The Bertz CT molecular complexity index is 1120. The molecule has 1 aliphatic rings. The summed E-state index contributed by atoms with van der Waals surface area (Å²) in [7, 11) is -3.73. The van der Waals surface area contributed by atoms with E-state index in [0.29, 0.717) is 19.4 Å². The summed E-state index contributed by atoms with van der Waals surface area (Å²) in [5.41, 5.74) is 2.16. The van der Waals surface area contributed by atoms with Gasteiger partial charge in [0.2, 0.25) is 10.0 Å². The number of hydrogen-bond acceptors (Lipinski definition) is 4. The number of carbonyl (C=O) groups excluding carboxylic acids is 1. The van der Waals surface area contributed by atoms with Gasteiger partial charge in [0.1, 0.15) is 10.7 Å². The van der Waals surface area contributed by atoms with E-state index in [1.807, 2.05) is 24.3 Å². The topological polar surface area (TPSA) is 104 Å². The van der Waals surface area contributed by atoms with Crippen LogP contribution in [0, 0.1) is 0 Å². The zero-order chi connectivity index (χ0) is 20.4. The van der Waals surface area contributed by atoms with Crippen LogP contribution in [0.15, 0.2) is 47.4 Å². The molecule has 1 saturated carbocycles. The number of carbonyl (C=O) groups is 1. The lowest BCUT2D eigenvalue weighted by atomic mass is 10.2. The van der Waals surface area contributed by atoms with Crippen molar-refractivity contribution in [2.75, 3.05) is 6.54 Å². The van der Waals surface area contributed by atoms with Crippen LogP contribution in [0.3, 0.4) is 0 Å². The molecule has 0 radical (unpaired) electrons. The van der Waals surface area contributed by atoms with Crippen LogP contribution < -0.4 is 10.0 Å². The maximum Gasteiger partial charge on any atom is 0.251 e. The number of rotatable bonds is 8. The summed E-state index contributed by atoms with van der Waals surface area (Å²) < 4.78 is 27.4. The first kappa shape index (κ1) is 19.9. The van der Waals surface area contributed by atoms with Crippen LogP contribution in [0.1, 0.15) is 35.4 Å². The van der Waals surface area contributed by atoms with Crippen LogP contribution in [-0.2, 0) is 16.4 Å². The number of nitrogens with zero attached hydrogens (tertiary/aromatic N) is 1. The van der Waals surface area contributed by atoms with Gasteiger partial charge in [-0.25, -0.2) is 18.1 Å². The van der Waals surface area contributed by atoms with Gasteiger partial charge in [0.05, 0.1) is 16.1 Å². The Morgan fingerprint density at radius 3 is 2.76 bits per heavy atom. The quantitative estimate of drug-likeness (QED) is 0.476. The molecule has 1 heterocycles. The molecule has 0 bridgehead atoms. The molecule has 29 heavy (non-hydrogen) atoms. The van der Waals surface area contributed by atoms with Crippen molar-refractivity contribution >= 4 is 38.6 Å². The standard InChI is InChI=1S/C20H21ClN4O3S/c21-15-10-7-13(12-18(15)29(27,28)25-14-8-9-14)20(26)22-11-3-6-19-23-16-4-1-2-5-17(16)24-19/h1-2,4-5,7,10,12,14,25H,3,6,8-9,11H2,(H,22,26)(H,23,24). The van der Waals surface area contributed by atoms with Crippen molar-refractivity contribution in [2.45, 2.75) is 36.6 Å². The number of hydrogen-bond donors (Lipinski definition) is 3. The normalized spacial score (nSPS) is 14.2. The van der Waals surface area contributed by atoms with Gasteiger partial charge >= 0.3 is 0 Å². The largest absolute Gasteiger partial charge is 0.352 e. The molecule has 1 amide bonds. The first-order valence-corrected chi connectivity index (χ1v) is 11.3. The van der Waals surface area contributed by atoms with E-state index in [9.17, 15) is 13.2 Å².